The van der Waals surface area contributed by atoms with Crippen molar-refractivity contribution in [1.82, 2.24) is 15.0 Å². The Morgan fingerprint density at radius 1 is 1.13 bits per heavy atom. The molecule has 31 heavy (non-hydrogen) atoms. The number of Topliss-reactive ketones (excluding diaryl/α,β-unsaturated/α-hetero) is 1. The van der Waals surface area contributed by atoms with Gasteiger partial charge >= 0.3 is 0 Å². The van der Waals surface area contributed by atoms with Gasteiger partial charge in [-0.05, 0) is 99.2 Å². The number of methoxy groups -OCH3 is 1. The molecule has 4 saturated carbocycles. The van der Waals surface area contributed by atoms with Crippen LogP contribution in [0.4, 0.5) is 0 Å². The molecule has 0 aromatic carbocycles. The zero-order valence-electron chi connectivity index (χ0n) is 19.4. The van der Waals surface area contributed by atoms with Crippen LogP contribution in [0.5, 0.6) is 0 Å². The van der Waals surface area contributed by atoms with Gasteiger partial charge in [0.1, 0.15) is 6.54 Å². The molecule has 4 aliphatic carbocycles. The molecule has 0 spiro atoms. The van der Waals surface area contributed by atoms with Gasteiger partial charge in [0.15, 0.2) is 5.78 Å². The Kier molecular flexibility index (Phi) is 5.32. The molecule has 0 aliphatic heterocycles. The fraction of sp³-hybridized carbons (Fsp3) is 0.880. The van der Waals surface area contributed by atoms with Crippen LogP contribution < -0.4 is 0 Å². The first-order valence-electron chi connectivity index (χ1n) is 12.4. The van der Waals surface area contributed by atoms with Gasteiger partial charge in [-0.2, -0.15) is 0 Å². The van der Waals surface area contributed by atoms with Crippen molar-refractivity contribution >= 4 is 5.78 Å². The highest BCUT2D eigenvalue weighted by Gasteiger charge is 2.63. The first kappa shape index (κ1) is 21.6. The van der Waals surface area contributed by atoms with Crippen molar-refractivity contribution in [2.45, 2.75) is 83.8 Å². The lowest BCUT2D eigenvalue weighted by molar-refractivity contribution is -0.175. The van der Waals surface area contributed by atoms with Crippen molar-refractivity contribution in [2.75, 3.05) is 13.7 Å². The predicted octanol–water partition coefficient (Wildman–Crippen LogP) is 3.88. The van der Waals surface area contributed by atoms with E-state index < -0.39 is 5.60 Å². The van der Waals surface area contributed by atoms with Crippen LogP contribution in [-0.2, 0) is 16.1 Å². The number of rotatable bonds is 5. The third-order valence-electron chi connectivity index (χ3n) is 10.2. The van der Waals surface area contributed by atoms with E-state index in [0.717, 1.165) is 38.7 Å². The summed E-state index contributed by atoms with van der Waals surface area (Å²) >= 11 is 0. The van der Waals surface area contributed by atoms with Gasteiger partial charge in [-0.3, -0.25) is 4.79 Å². The van der Waals surface area contributed by atoms with Crippen LogP contribution in [0.2, 0.25) is 0 Å². The Bertz CT molecular complexity index is 809. The molecular formula is C25H39N3O3. The maximum absolute atomic E-state index is 13.3. The second-order valence-corrected chi connectivity index (χ2v) is 11.8. The number of fused-ring (bicyclic) bond motifs is 5. The number of hydrogen-bond donors (Lipinski definition) is 1. The summed E-state index contributed by atoms with van der Waals surface area (Å²) < 4.78 is 7.54. The van der Waals surface area contributed by atoms with Gasteiger partial charge in [0.2, 0.25) is 0 Å². The molecular weight excluding hydrogens is 390 g/mol. The van der Waals surface area contributed by atoms with E-state index in [4.69, 9.17) is 4.74 Å². The van der Waals surface area contributed by atoms with Gasteiger partial charge in [-0.15, -0.1) is 5.10 Å². The summed E-state index contributed by atoms with van der Waals surface area (Å²) in [4.78, 5) is 13.3. The number of ether oxygens (including phenoxy) is 1. The normalized spacial score (nSPS) is 46.8. The van der Waals surface area contributed by atoms with Crippen LogP contribution in [0.3, 0.4) is 0 Å². The van der Waals surface area contributed by atoms with Gasteiger partial charge in [0, 0.05) is 19.2 Å². The molecule has 1 heterocycles. The molecule has 5 rings (SSSR count). The first-order chi connectivity index (χ1) is 14.8. The average Bonchev–Trinajstić information content (AvgIpc) is 3.35. The molecule has 1 aromatic rings. The minimum absolute atomic E-state index is 0.111. The molecule has 0 bridgehead atoms. The molecule has 4 aliphatic rings. The van der Waals surface area contributed by atoms with Crippen LogP contribution >= 0.6 is 0 Å². The minimum atomic E-state index is -0.524. The standard InChI is InChI=1S/C25H39N3O3/c1-23(30)10-11-25(16-31-3)17(14-23)4-5-18-19-6-7-21(24(19,2)9-8-20(18)25)22(29)15-28-13-12-26-27-28/h12-13,17-21,30H,4-11,14-16H2,1-3H3/t17-,18+,19?,20?,21-,23-,24+,25-/m1/s1. The third-order valence-corrected chi connectivity index (χ3v) is 10.2. The fourth-order valence-electron chi connectivity index (χ4n) is 8.90. The van der Waals surface area contributed by atoms with Crippen LogP contribution in [-0.4, -0.2) is 45.2 Å². The summed E-state index contributed by atoms with van der Waals surface area (Å²) in [6.45, 7) is 5.61. The lowest BCUT2D eigenvalue weighted by Crippen LogP contribution is -2.58. The largest absolute Gasteiger partial charge is 0.390 e. The van der Waals surface area contributed by atoms with E-state index in [1.807, 2.05) is 14.0 Å². The number of carbonyl (C=O) groups is 1. The highest BCUT2D eigenvalue weighted by Crippen LogP contribution is 2.68. The average molecular weight is 430 g/mol. The van der Waals surface area contributed by atoms with Gasteiger partial charge < -0.3 is 9.84 Å². The molecule has 8 atom stereocenters. The van der Waals surface area contributed by atoms with Crippen molar-refractivity contribution < 1.29 is 14.6 Å². The van der Waals surface area contributed by atoms with E-state index in [1.165, 1.54) is 25.7 Å². The molecule has 172 valence electrons. The van der Waals surface area contributed by atoms with E-state index in [9.17, 15) is 9.90 Å². The Labute approximate surface area is 186 Å². The lowest BCUT2D eigenvalue weighted by atomic mass is 9.43. The molecule has 2 unspecified atom stereocenters. The SMILES string of the molecule is COC[C@]12CC[C@@](C)(O)C[C@H]1CC[C@@H]1C2CC[C@@]2(C)C1CC[C@@H]2C(=O)Cn1ccnn1. The summed E-state index contributed by atoms with van der Waals surface area (Å²) in [5.74, 6) is 3.04. The van der Waals surface area contributed by atoms with Crippen molar-refractivity contribution in [1.29, 1.82) is 0 Å². The second-order valence-electron chi connectivity index (χ2n) is 11.8. The monoisotopic (exact) mass is 429 g/mol. The molecule has 0 saturated heterocycles. The quantitative estimate of drug-likeness (QED) is 0.768. The van der Waals surface area contributed by atoms with Crippen LogP contribution in [0.25, 0.3) is 0 Å². The first-order valence-corrected chi connectivity index (χ1v) is 12.4. The molecule has 0 amide bonds. The van der Waals surface area contributed by atoms with Gasteiger partial charge in [-0.1, -0.05) is 12.1 Å². The summed E-state index contributed by atoms with van der Waals surface area (Å²) in [5, 5.41) is 18.7. The zero-order chi connectivity index (χ0) is 21.9. The van der Waals surface area contributed by atoms with E-state index in [1.54, 1.807) is 17.1 Å². The summed E-state index contributed by atoms with van der Waals surface area (Å²) in [6.07, 6.45) is 13.3. The summed E-state index contributed by atoms with van der Waals surface area (Å²) in [7, 11) is 1.85. The van der Waals surface area contributed by atoms with Crippen LogP contribution in [0, 0.1) is 40.4 Å². The van der Waals surface area contributed by atoms with Crippen molar-refractivity contribution in [3.63, 3.8) is 0 Å². The summed E-state index contributed by atoms with van der Waals surface area (Å²) in [5.41, 5.74) is -0.200. The Morgan fingerprint density at radius 2 is 1.97 bits per heavy atom. The van der Waals surface area contributed by atoms with Crippen LogP contribution in [0.1, 0.15) is 71.6 Å². The molecule has 4 fully saturated rings. The maximum atomic E-state index is 13.3. The van der Waals surface area contributed by atoms with Gasteiger partial charge in [0.25, 0.3) is 0 Å². The minimum Gasteiger partial charge on any atom is -0.390 e. The Balaban J connectivity index is 1.38. The highest BCUT2D eigenvalue weighted by atomic mass is 16.5. The molecule has 6 heteroatoms. The van der Waals surface area contributed by atoms with E-state index in [0.29, 0.717) is 36.0 Å². The third kappa shape index (κ3) is 3.40. The lowest BCUT2D eigenvalue weighted by Gasteiger charge is -2.62. The van der Waals surface area contributed by atoms with E-state index in [-0.39, 0.29) is 16.7 Å². The number of ketones is 1. The molecule has 1 aromatic heterocycles. The van der Waals surface area contributed by atoms with E-state index in [2.05, 4.69) is 17.2 Å². The number of carbonyl (C=O) groups excluding carboxylic acids is 1. The highest BCUT2D eigenvalue weighted by molar-refractivity contribution is 5.82. The number of aliphatic hydroxyl groups is 1. The number of nitrogens with zero attached hydrogens (tertiary/aromatic N) is 3. The van der Waals surface area contributed by atoms with Crippen molar-refractivity contribution in [3.8, 4) is 0 Å². The summed E-state index contributed by atoms with van der Waals surface area (Å²) in [6, 6.07) is 0. The molecule has 0 radical (unpaired) electrons. The van der Waals surface area contributed by atoms with Crippen LogP contribution in [0.15, 0.2) is 12.4 Å². The van der Waals surface area contributed by atoms with Gasteiger partial charge in [0.05, 0.1) is 18.4 Å². The van der Waals surface area contributed by atoms with Crippen molar-refractivity contribution in [3.05, 3.63) is 12.4 Å². The van der Waals surface area contributed by atoms with Crippen molar-refractivity contribution in [2.24, 2.45) is 40.4 Å². The van der Waals surface area contributed by atoms with E-state index >= 15 is 0 Å². The Hall–Kier alpha value is -1.27. The fourth-order valence-corrected chi connectivity index (χ4v) is 8.90. The maximum Gasteiger partial charge on any atom is 0.157 e. The molecule has 6 nitrogen and oxygen atoms in total. The van der Waals surface area contributed by atoms with Gasteiger partial charge in [-0.25, -0.2) is 4.68 Å². The topological polar surface area (TPSA) is 77.2 Å². The molecule has 1 N–H and O–H groups in total. The predicted molar refractivity (Wildman–Crippen MR) is 117 cm³/mol. The number of aromatic nitrogens is 3. The zero-order valence-corrected chi connectivity index (χ0v) is 19.4. The smallest absolute Gasteiger partial charge is 0.157 e. The number of hydrogen-bond acceptors (Lipinski definition) is 5. The Morgan fingerprint density at radius 3 is 2.71 bits per heavy atom. The second kappa shape index (κ2) is 7.65.